The molecule has 0 atom stereocenters. The van der Waals surface area contributed by atoms with Crippen molar-refractivity contribution in [3.05, 3.63) is 101 Å². The minimum Gasteiger partial charge on any atom is -0.316 e. The van der Waals surface area contributed by atoms with Crippen molar-refractivity contribution in [3.8, 4) is 0 Å². The minimum absolute atomic E-state index is 0.176. The summed E-state index contributed by atoms with van der Waals surface area (Å²) >= 11 is 11.7. The summed E-state index contributed by atoms with van der Waals surface area (Å²) in [6.45, 7) is 0. The van der Waals surface area contributed by atoms with E-state index in [0.29, 0.717) is 10.0 Å². The van der Waals surface area contributed by atoms with Crippen LogP contribution in [0.3, 0.4) is 0 Å². The number of halogens is 2. The van der Waals surface area contributed by atoms with E-state index in [4.69, 9.17) is 23.2 Å². The van der Waals surface area contributed by atoms with Gasteiger partial charge in [0.25, 0.3) is 11.1 Å². The average molecular weight is 359 g/mol. The lowest BCUT2D eigenvalue weighted by Crippen LogP contribution is -2.46. The Morgan fingerprint density at radius 2 is 0.958 bits per heavy atom. The molecule has 2 aromatic carbocycles. The van der Waals surface area contributed by atoms with Crippen LogP contribution in [0.25, 0.3) is 12.2 Å². The zero-order chi connectivity index (χ0) is 17.1. The van der Waals surface area contributed by atoms with Crippen molar-refractivity contribution < 1.29 is 0 Å². The largest absolute Gasteiger partial charge is 0.316 e. The molecule has 0 unspecified atom stereocenters. The maximum absolute atomic E-state index is 12.2. The quantitative estimate of drug-likeness (QED) is 0.735. The lowest BCUT2D eigenvalue weighted by atomic mass is 10.2. The van der Waals surface area contributed by atoms with Gasteiger partial charge in [-0.3, -0.25) is 9.59 Å². The van der Waals surface area contributed by atoms with E-state index in [1.807, 2.05) is 0 Å². The summed E-state index contributed by atoms with van der Waals surface area (Å²) in [6, 6.07) is 13.9. The van der Waals surface area contributed by atoms with Crippen LogP contribution >= 0.6 is 23.2 Å². The predicted octanol–water partition coefficient (Wildman–Crippen LogP) is 2.03. The van der Waals surface area contributed by atoms with Crippen molar-refractivity contribution in [1.29, 1.82) is 0 Å². The summed E-state index contributed by atoms with van der Waals surface area (Å²) in [5, 5.41) is 1.55. The monoisotopic (exact) mass is 358 g/mol. The molecule has 2 N–H and O–H groups in total. The van der Waals surface area contributed by atoms with Gasteiger partial charge in [0.2, 0.25) is 0 Å². The van der Waals surface area contributed by atoms with Crippen LogP contribution in [0.2, 0.25) is 10.0 Å². The third kappa shape index (κ3) is 3.85. The van der Waals surface area contributed by atoms with E-state index in [0.717, 1.165) is 11.1 Å². The Bertz CT molecular complexity index is 1000. The summed E-state index contributed by atoms with van der Waals surface area (Å²) in [5.41, 5.74) is 0.750. The van der Waals surface area contributed by atoms with E-state index < -0.39 is 0 Å². The third-order valence-electron chi connectivity index (χ3n) is 3.35. The highest BCUT2D eigenvalue weighted by Gasteiger charge is 1.97. The van der Waals surface area contributed by atoms with Gasteiger partial charge < -0.3 is 9.97 Å². The van der Waals surface area contributed by atoms with Crippen molar-refractivity contribution >= 4 is 35.4 Å². The van der Waals surface area contributed by atoms with Gasteiger partial charge in [-0.25, -0.2) is 0 Å². The Hall–Kier alpha value is -2.56. The van der Waals surface area contributed by atoms with Gasteiger partial charge in [0.1, 0.15) is 10.7 Å². The molecule has 0 aliphatic heterocycles. The molecule has 6 heteroatoms. The van der Waals surface area contributed by atoms with Crippen molar-refractivity contribution in [2.45, 2.75) is 0 Å². The van der Waals surface area contributed by atoms with E-state index in [9.17, 15) is 9.59 Å². The zero-order valence-electron chi connectivity index (χ0n) is 12.3. The first-order chi connectivity index (χ1) is 11.5. The molecule has 1 aromatic heterocycles. The normalized spacial score (nSPS) is 12.6. The number of benzene rings is 2. The van der Waals surface area contributed by atoms with Crippen LogP contribution in [0.15, 0.2) is 58.1 Å². The van der Waals surface area contributed by atoms with Crippen LogP contribution in [0, 0.1) is 0 Å². The number of hydrogen-bond donors (Lipinski definition) is 2. The number of aromatic nitrogens is 2. The summed E-state index contributed by atoms with van der Waals surface area (Å²) in [7, 11) is 0. The van der Waals surface area contributed by atoms with Gasteiger partial charge in [0.15, 0.2) is 0 Å². The standard InChI is InChI=1S/C18H12Cl2N2O2/c19-13-5-1-11(2-6-13)9-15-17(23)22-16(18(24)21-15)10-12-3-7-14(20)8-4-12/h1-10H,(H,21,24)(H,22,23)/b15-9+,16-10+. The summed E-state index contributed by atoms with van der Waals surface area (Å²) < 4.78 is 0. The zero-order valence-corrected chi connectivity index (χ0v) is 13.9. The first kappa shape index (κ1) is 16.3. The molecule has 0 radical (unpaired) electrons. The summed E-state index contributed by atoms with van der Waals surface area (Å²) in [4.78, 5) is 29.6. The van der Waals surface area contributed by atoms with Gasteiger partial charge in [-0.2, -0.15) is 0 Å². The van der Waals surface area contributed by atoms with Crippen molar-refractivity contribution in [2.24, 2.45) is 0 Å². The predicted molar refractivity (Wildman–Crippen MR) is 97.0 cm³/mol. The molecule has 0 aliphatic carbocycles. The first-order valence-electron chi connectivity index (χ1n) is 7.08. The average Bonchev–Trinajstić information content (AvgIpc) is 2.56. The molecule has 1 heterocycles. The van der Waals surface area contributed by atoms with E-state index in [2.05, 4.69) is 9.97 Å². The highest BCUT2D eigenvalue weighted by molar-refractivity contribution is 6.30. The van der Waals surface area contributed by atoms with E-state index in [1.54, 1.807) is 60.7 Å². The Labute approximate surface area is 146 Å². The van der Waals surface area contributed by atoms with E-state index in [1.165, 1.54) is 0 Å². The third-order valence-corrected chi connectivity index (χ3v) is 3.85. The van der Waals surface area contributed by atoms with Crippen LogP contribution in [-0.4, -0.2) is 9.97 Å². The lowest BCUT2D eigenvalue weighted by molar-refractivity contribution is 1.00. The molecule has 0 saturated carbocycles. The van der Waals surface area contributed by atoms with Crippen molar-refractivity contribution in [3.63, 3.8) is 0 Å². The fourth-order valence-electron chi connectivity index (χ4n) is 2.15. The molecule has 4 nitrogen and oxygen atoms in total. The number of H-pyrrole nitrogens is 2. The SMILES string of the molecule is O=c1[nH]/c(=C/c2ccc(Cl)cc2)c(=O)[nH]/c1=C/c1ccc(Cl)cc1. The van der Waals surface area contributed by atoms with Crippen LogP contribution in [0.5, 0.6) is 0 Å². The summed E-state index contributed by atoms with van der Waals surface area (Å²) in [6.07, 6.45) is 3.17. The molecular weight excluding hydrogens is 347 g/mol. The second-order valence-corrected chi connectivity index (χ2v) is 6.00. The second-order valence-electron chi connectivity index (χ2n) is 5.13. The molecule has 0 spiro atoms. The maximum Gasteiger partial charge on any atom is 0.272 e. The fourth-order valence-corrected chi connectivity index (χ4v) is 2.40. The van der Waals surface area contributed by atoms with Crippen molar-refractivity contribution in [1.82, 2.24) is 9.97 Å². The Morgan fingerprint density at radius 1 is 0.625 bits per heavy atom. The van der Waals surface area contributed by atoms with Gasteiger partial charge in [-0.05, 0) is 47.5 Å². The number of rotatable bonds is 2. The highest BCUT2D eigenvalue weighted by Crippen LogP contribution is 2.10. The minimum atomic E-state index is -0.384. The number of nitrogens with one attached hydrogen (secondary N) is 2. The Kier molecular flexibility index (Phi) is 4.69. The van der Waals surface area contributed by atoms with Gasteiger partial charge in [0.05, 0.1) is 0 Å². The van der Waals surface area contributed by atoms with Gasteiger partial charge in [-0.15, -0.1) is 0 Å². The first-order valence-corrected chi connectivity index (χ1v) is 7.84. The highest BCUT2D eigenvalue weighted by atomic mass is 35.5. The molecule has 0 bridgehead atoms. The van der Waals surface area contributed by atoms with Crippen LogP contribution in [-0.2, 0) is 0 Å². The molecule has 24 heavy (non-hydrogen) atoms. The molecule has 0 aliphatic rings. The van der Waals surface area contributed by atoms with Crippen LogP contribution < -0.4 is 21.8 Å². The van der Waals surface area contributed by atoms with Gasteiger partial charge >= 0.3 is 0 Å². The molecular formula is C18H12Cl2N2O2. The molecule has 120 valence electrons. The second kappa shape index (κ2) is 6.91. The van der Waals surface area contributed by atoms with Crippen molar-refractivity contribution in [2.75, 3.05) is 0 Å². The number of aromatic amines is 2. The molecule has 0 fully saturated rings. The van der Waals surface area contributed by atoms with Gasteiger partial charge in [-0.1, -0.05) is 47.5 Å². The van der Waals surface area contributed by atoms with E-state index >= 15 is 0 Å². The smallest absolute Gasteiger partial charge is 0.272 e. The molecule has 0 amide bonds. The van der Waals surface area contributed by atoms with Crippen LogP contribution in [0.1, 0.15) is 11.1 Å². The molecule has 3 rings (SSSR count). The fraction of sp³-hybridized carbons (Fsp3) is 0. The Balaban J connectivity index is 2.09. The lowest BCUT2D eigenvalue weighted by Gasteiger charge is -1.95. The Morgan fingerprint density at radius 3 is 1.29 bits per heavy atom. The maximum atomic E-state index is 12.2. The molecule has 0 saturated heterocycles. The summed E-state index contributed by atoms with van der Waals surface area (Å²) in [5.74, 6) is 0. The van der Waals surface area contributed by atoms with Crippen LogP contribution in [0.4, 0.5) is 0 Å². The number of hydrogen-bond acceptors (Lipinski definition) is 2. The van der Waals surface area contributed by atoms with E-state index in [-0.39, 0.29) is 21.8 Å². The molecule has 3 aromatic rings. The topological polar surface area (TPSA) is 65.7 Å². The van der Waals surface area contributed by atoms with Gasteiger partial charge in [0, 0.05) is 10.0 Å².